The smallest absolute Gasteiger partial charge is 0.230 e. The Bertz CT molecular complexity index is 581. The number of rotatable bonds is 3. The lowest BCUT2D eigenvalue weighted by atomic mass is 10.0. The van der Waals surface area contributed by atoms with Gasteiger partial charge < -0.3 is 19.7 Å². The van der Waals surface area contributed by atoms with Gasteiger partial charge in [0.25, 0.3) is 0 Å². The molecule has 2 aromatic rings. The maximum Gasteiger partial charge on any atom is 0.230 e. The molecule has 0 unspecified atom stereocenters. The van der Waals surface area contributed by atoms with Crippen LogP contribution in [0.25, 0.3) is 11.1 Å². The van der Waals surface area contributed by atoms with Crippen LogP contribution in [0.4, 0.5) is 5.88 Å². The van der Waals surface area contributed by atoms with Crippen molar-refractivity contribution in [2.75, 3.05) is 20.0 Å². The van der Waals surface area contributed by atoms with Gasteiger partial charge in [0.15, 0.2) is 11.5 Å². The number of nitrogens with zero attached hydrogens (tertiary/aromatic N) is 1. The molecule has 0 saturated carbocycles. The summed E-state index contributed by atoms with van der Waals surface area (Å²) < 4.78 is 15.5. The monoisotopic (exact) mass is 268 g/mol. The first-order valence-electron chi connectivity index (χ1n) is 5.21. The van der Waals surface area contributed by atoms with Crippen LogP contribution in [0.1, 0.15) is 5.56 Å². The van der Waals surface area contributed by atoms with E-state index in [0.29, 0.717) is 27.6 Å². The molecule has 96 valence electrons. The number of methoxy groups -OCH3 is 2. The maximum atomic E-state index is 6.31. The molecule has 1 heterocycles. The van der Waals surface area contributed by atoms with E-state index in [4.69, 9.17) is 31.3 Å². The van der Waals surface area contributed by atoms with Crippen molar-refractivity contribution in [1.82, 2.24) is 5.16 Å². The van der Waals surface area contributed by atoms with Crippen LogP contribution in [0.2, 0.25) is 5.02 Å². The minimum atomic E-state index is 0.183. The predicted octanol–water partition coefficient (Wildman–Crippen LogP) is 2.90. The second-order valence-electron chi connectivity index (χ2n) is 3.72. The number of aromatic nitrogens is 1. The number of halogens is 1. The normalized spacial score (nSPS) is 10.4. The Labute approximate surface area is 109 Å². The van der Waals surface area contributed by atoms with Crippen LogP contribution >= 0.6 is 11.6 Å². The lowest BCUT2D eigenvalue weighted by molar-refractivity contribution is 0.356. The minimum absolute atomic E-state index is 0.183. The molecule has 1 aromatic heterocycles. The van der Waals surface area contributed by atoms with E-state index in [0.717, 1.165) is 5.56 Å². The molecule has 2 rings (SSSR count). The Morgan fingerprint density at radius 1 is 1.33 bits per heavy atom. The van der Waals surface area contributed by atoms with Crippen LogP contribution in [-0.2, 0) is 0 Å². The molecule has 18 heavy (non-hydrogen) atoms. The number of ether oxygens (including phenoxy) is 2. The molecule has 0 bridgehead atoms. The number of anilines is 1. The summed E-state index contributed by atoms with van der Waals surface area (Å²) >= 11 is 6.31. The van der Waals surface area contributed by atoms with Gasteiger partial charge in [-0.1, -0.05) is 16.8 Å². The van der Waals surface area contributed by atoms with Crippen LogP contribution in [-0.4, -0.2) is 19.4 Å². The van der Waals surface area contributed by atoms with E-state index in [2.05, 4.69) is 5.16 Å². The summed E-state index contributed by atoms with van der Waals surface area (Å²) in [6, 6.07) is 1.80. The SMILES string of the molecule is COc1cc(C)c(Cl)c(-c2cnoc2N)c1OC. The molecule has 6 heteroatoms. The highest BCUT2D eigenvalue weighted by atomic mass is 35.5. The van der Waals surface area contributed by atoms with Gasteiger partial charge in [-0.15, -0.1) is 0 Å². The average molecular weight is 269 g/mol. The fourth-order valence-corrected chi connectivity index (χ4v) is 2.02. The second-order valence-corrected chi connectivity index (χ2v) is 4.10. The Hall–Kier alpha value is -1.88. The highest BCUT2D eigenvalue weighted by molar-refractivity contribution is 6.34. The lowest BCUT2D eigenvalue weighted by Gasteiger charge is -2.15. The number of benzene rings is 1. The summed E-state index contributed by atoms with van der Waals surface area (Å²) in [7, 11) is 3.10. The van der Waals surface area contributed by atoms with Gasteiger partial charge in [0, 0.05) is 0 Å². The maximum absolute atomic E-state index is 6.31. The van der Waals surface area contributed by atoms with Crippen molar-refractivity contribution in [2.24, 2.45) is 0 Å². The number of aryl methyl sites for hydroxylation is 1. The largest absolute Gasteiger partial charge is 0.493 e. The zero-order valence-electron chi connectivity index (χ0n) is 10.3. The Kier molecular flexibility index (Phi) is 3.34. The first-order valence-corrected chi connectivity index (χ1v) is 5.59. The number of hydrogen-bond donors (Lipinski definition) is 1. The van der Waals surface area contributed by atoms with E-state index >= 15 is 0 Å². The lowest BCUT2D eigenvalue weighted by Crippen LogP contribution is -1.97. The molecule has 0 amide bonds. The average Bonchev–Trinajstić information content (AvgIpc) is 2.78. The third-order valence-electron chi connectivity index (χ3n) is 2.66. The van der Waals surface area contributed by atoms with Crippen molar-refractivity contribution < 1.29 is 14.0 Å². The zero-order chi connectivity index (χ0) is 13.3. The summed E-state index contributed by atoms with van der Waals surface area (Å²) in [5.41, 5.74) is 7.78. The molecule has 0 aliphatic rings. The van der Waals surface area contributed by atoms with E-state index in [1.807, 2.05) is 6.92 Å². The molecule has 1 aromatic carbocycles. The molecular formula is C12H13ClN2O3. The van der Waals surface area contributed by atoms with Crippen LogP contribution < -0.4 is 15.2 Å². The van der Waals surface area contributed by atoms with E-state index in [1.165, 1.54) is 13.3 Å². The summed E-state index contributed by atoms with van der Waals surface area (Å²) in [5, 5.41) is 4.17. The van der Waals surface area contributed by atoms with Gasteiger partial charge in [-0.3, -0.25) is 0 Å². The molecule has 0 radical (unpaired) electrons. The predicted molar refractivity (Wildman–Crippen MR) is 69.2 cm³/mol. The highest BCUT2D eigenvalue weighted by Crippen LogP contribution is 2.46. The third-order valence-corrected chi connectivity index (χ3v) is 3.14. The first-order chi connectivity index (χ1) is 8.60. The van der Waals surface area contributed by atoms with Crippen molar-refractivity contribution in [3.63, 3.8) is 0 Å². The highest BCUT2D eigenvalue weighted by Gasteiger charge is 2.21. The van der Waals surface area contributed by atoms with E-state index in [-0.39, 0.29) is 5.88 Å². The van der Waals surface area contributed by atoms with Crippen molar-refractivity contribution in [2.45, 2.75) is 6.92 Å². The molecule has 5 nitrogen and oxygen atoms in total. The fourth-order valence-electron chi connectivity index (χ4n) is 1.78. The standard InChI is InChI=1S/C12H13ClN2O3/c1-6-4-8(16-2)11(17-3)9(10(6)13)7-5-15-18-12(7)14/h4-5H,14H2,1-3H3. The van der Waals surface area contributed by atoms with Crippen LogP contribution in [0.3, 0.4) is 0 Å². The van der Waals surface area contributed by atoms with Crippen molar-refractivity contribution in [1.29, 1.82) is 0 Å². The Morgan fingerprint density at radius 3 is 2.56 bits per heavy atom. The fraction of sp³-hybridized carbons (Fsp3) is 0.250. The molecular weight excluding hydrogens is 256 g/mol. The number of hydrogen-bond acceptors (Lipinski definition) is 5. The molecule has 0 saturated heterocycles. The topological polar surface area (TPSA) is 70.5 Å². The zero-order valence-corrected chi connectivity index (χ0v) is 11.0. The van der Waals surface area contributed by atoms with Gasteiger partial charge in [0.05, 0.1) is 36.6 Å². The summed E-state index contributed by atoms with van der Waals surface area (Å²) in [5.74, 6) is 1.26. The molecule has 2 N–H and O–H groups in total. The van der Waals surface area contributed by atoms with Gasteiger partial charge in [-0.25, -0.2) is 0 Å². The Morgan fingerprint density at radius 2 is 2.06 bits per heavy atom. The quantitative estimate of drug-likeness (QED) is 0.927. The second kappa shape index (κ2) is 4.78. The molecule has 0 spiro atoms. The minimum Gasteiger partial charge on any atom is -0.493 e. The molecule has 0 fully saturated rings. The summed E-state index contributed by atoms with van der Waals surface area (Å²) in [6.07, 6.45) is 1.50. The van der Waals surface area contributed by atoms with Crippen LogP contribution in [0, 0.1) is 6.92 Å². The van der Waals surface area contributed by atoms with E-state index < -0.39 is 0 Å². The number of nitrogens with two attached hydrogens (primary N) is 1. The van der Waals surface area contributed by atoms with Gasteiger partial charge >= 0.3 is 0 Å². The van der Waals surface area contributed by atoms with Crippen molar-refractivity contribution in [3.05, 3.63) is 22.8 Å². The van der Waals surface area contributed by atoms with Gasteiger partial charge in [-0.05, 0) is 18.6 Å². The van der Waals surface area contributed by atoms with Crippen molar-refractivity contribution >= 4 is 17.5 Å². The molecule has 0 aliphatic heterocycles. The van der Waals surface area contributed by atoms with Gasteiger partial charge in [0.2, 0.25) is 5.88 Å². The van der Waals surface area contributed by atoms with Crippen LogP contribution in [0.5, 0.6) is 11.5 Å². The summed E-state index contributed by atoms with van der Waals surface area (Å²) in [4.78, 5) is 0. The third kappa shape index (κ3) is 1.86. The first kappa shape index (κ1) is 12.6. The van der Waals surface area contributed by atoms with Crippen molar-refractivity contribution in [3.8, 4) is 22.6 Å². The van der Waals surface area contributed by atoms with Gasteiger partial charge in [0.1, 0.15) is 0 Å². The Balaban J connectivity index is 2.79. The van der Waals surface area contributed by atoms with E-state index in [9.17, 15) is 0 Å². The van der Waals surface area contributed by atoms with E-state index in [1.54, 1.807) is 13.2 Å². The van der Waals surface area contributed by atoms with Gasteiger partial charge in [-0.2, -0.15) is 0 Å². The molecule has 0 aliphatic carbocycles. The summed E-state index contributed by atoms with van der Waals surface area (Å²) in [6.45, 7) is 1.87. The number of nitrogen functional groups attached to an aromatic ring is 1. The molecule has 0 atom stereocenters. The van der Waals surface area contributed by atoms with Crippen LogP contribution in [0.15, 0.2) is 16.8 Å².